The molecule has 1 aromatic heterocycles. The number of carbonyl (C=O) groups is 2. The molecule has 0 radical (unpaired) electrons. The molecule has 5 rings (SSSR count). The topological polar surface area (TPSA) is 66.8 Å². The van der Waals surface area contributed by atoms with E-state index in [0.29, 0.717) is 54.6 Å². The van der Waals surface area contributed by atoms with Gasteiger partial charge in [-0.2, -0.15) is 0 Å². The van der Waals surface area contributed by atoms with E-state index in [1.807, 2.05) is 69.3 Å². The molecule has 1 N–H and O–H groups in total. The van der Waals surface area contributed by atoms with Crippen LogP contribution in [0.15, 0.2) is 72.8 Å². The Morgan fingerprint density at radius 2 is 1.48 bits per heavy atom. The minimum Gasteiger partial charge on any atom is -0.497 e. The molecule has 0 aliphatic carbocycles. The lowest BCUT2D eigenvalue weighted by molar-refractivity contribution is 0.0671. The molecule has 1 fully saturated rings. The largest absolute Gasteiger partial charge is 0.497 e. The van der Waals surface area contributed by atoms with Crippen LogP contribution in [-0.4, -0.2) is 59.6 Å². The van der Waals surface area contributed by atoms with Gasteiger partial charge in [-0.25, -0.2) is 9.18 Å². The summed E-state index contributed by atoms with van der Waals surface area (Å²) in [5, 5.41) is 3.03. The molecule has 8 heteroatoms. The number of piperazine rings is 1. The first-order chi connectivity index (χ1) is 19.3. The molecule has 3 aromatic carbocycles. The highest BCUT2D eigenvalue weighted by Crippen LogP contribution is 2.33. The van der Waals surface area contributed by atoms with E-state index in [1.54, 1.807) is 39.7 Å². The Balaban J connectivity index is 1.39. The van der Waals surface area contributed by atoms with Crippen molar-refractivity contribution < 1.29 is 18.7 Å². The van der Waals surface area contributed by atoms with Crippen LogP contribution in [0.2, 0.25) is 0 Å². The Hall–Kier alpha value is -4.59. The first-order valence-corrected chi connectivity index (χ1v) is 13.3. The standard InChI is InChI=1S/C32H33FN4O3/c1-21-9-7-10-22(2)30(21)34-32(39)36-17-15-35(16-18-36)31(38)26-20-29(24-11-8-12-25(19-24)40-4)37(23(26)3)28-14-6-5-13-27(28)33/h5-14,19-20H,15-18H2,1-4H3,(H,34,39). The van der Waals surface area contributed by atoms with Gasteiger partial charge in [-0.1, -0.05) is 42.5 Å². The maximum atomic E-state index is 15.0. The molecule has 1 saturated heterocycles. The molecule has 2 heterocycles. The number of ether oxygens (including phenoxy) is 1. The minimum atomic E-state index is -0.382. The monoisotopic (exact) mass is 540 g/mol. The van der Waals surface area contributed by atoms with E-state index in [9.17, 15) is 9.59 Å². The zero-order chi connectivity index (χ0) is 28.4. The quantitative estimate of drug-likeness (QED) is 0.327. The maximum absolute atomic E-state index is 15.0. The van der Waals surface area contributed by atoms with E-state index in [-0.39, 0.29) is 17.8 Å². The average molecular weight is 541 g/mol. The molecule has 40 heavy (non-hydrogen) atoms. The maximum Gasteiger partial charge on any atom is 0.321 e. The van der Waals surface area contributed by atoms with Gasteiger partial charge >= 0.3 is 6.03 Å². The zero-order valence-electron chi connectivity index (χ0n) is 23.2. The van der Waals surface area contributed by atoms with Crippen LogP contribution in [0.5, 0.6) is 5.75 Å². The number of halogens is 1. The van der Waals surface area contributed by atoms with Crippen LogP contribution in [0.1, 0.15) is 27.2 Å². The van der Waals surface area contributed by atoms with Gasteiger partial charge in [-0.05, 0) is 62.2 Å². The fourth-order valence-corrected chi connectivity index (χ4v) is 5.24. The second kappa shape index (κ2) is 11.3. The van der Waals surface area contributed by atoms with Crippen LogP contribution in [0, 0.1) is 26.6 Å². The van der Waals surface area contributed by atoms with Crippen LogP contribution in [-0.2, 0) is 0 Å². The van der Waals surface area contributed by atoms with Gasteiger partial charge in [0.05, 0.1) is 24.1 Å². The summed E-state index contributed by atoms with van der Waals surface area (Å²) < 4.78 is 22.2. The predicted molar refractivity (Wildman–Crippen MR) is 155 cm³/mol. The van der Waals surface area contributed by atoms with Crippen molar-refractivity contribution >= 4 is 17.6 Å². The van der Waals surface area contributed by atoms with Gasteiger partial charge in [0, 0.05) is 43.1 Å². The highest BCUT2D eigenvalue weighted by Gasteiger charge is 2.29. The molecule has 0 bridgehead atoms. The van der Waals surface area contributed by atoms with Crippen molar-refractivity contribution in [3.8, 4) is 22.7 Å². The number of carbonyl (C=O) groups excluding carboxylic acids is 2. The summed E-state index contributed by atoms with van der Waals surface area (Å²) in [4.78, 5) is 30.3. The first kappa shape index (κ1) is 27.0. The zero-order valence-corrected chi connectivity index (χ0v) is 23.2. The van der Waals surface area contributed by atoms with Crippen LogP contribution in [0.4, 0.5) is 14.9 Å². The number of hydrogen-bond acceptors (Lipinski definition) is 3. The fraction of sp³-hybridized carbons (Fsp3) is 0.250. The smallest absolute Gasteiger partial charge is 0.321 e. The molecule has 7 nitrogen and oxygen atoms in total. The molecule has 1 aliphatic heterocycles. The SMILES string of the molecule is COc1cccc(-c2cc(C(=O)N3CCN(C(=O)Nc4c(C)cccc4C)CC3)c(C)n2-c2ccccc2F)c1. The number of aromatic nitrogens is 1. The van der Waals surface area contributed by atoms with Crippen LogP contribution in [0.25, 0.3) is 16.9 Å². The molecule has 0 atom stereocenters. The van der Waals surface area contributed by atoms with Gasteiger partial charge in [0.15, 0.2) is 0 Å². The summed E-state index contributed by atoms with van der Waals surface area (Å²) in [6.45, 7) is 7.40. The third-order valence-corrected chi connectivity index (χ3v) is 7.50. The van der Waals surface area contributed by atoms with Gasteiger partial charge in [0.1, 0.15) is 11.6 Å². The van der Waals surface area contributed by atoms with Crippen molar-refractivity contribution in [1.82, 2.24) is 14.4 Å². The summed E-state index contributed by atoms with van der Waals surface area (Å²) in [5.41, 5.74) is 5.82. The van der Waals surface area contributed by atoms with Gasteiger partial charge in [0.2, 0.25) is 0 Å². The van der Waals surface area contributed by atoms with Gasteiger partial charge in [-0.3, -0.25) is 4.79 Å². The van der Waals surface area contributed by atoms with Crippen LogP contribution < -0.4 is 10.1 Å². The molecule has 206 valence electrons. The van der Waals surface area contributed by atoms with Crippen molar-refractivity contribution in [1.29, 1.82) is 0 Å². The highest BCUT2D eigenvalue weighted by molar-refractivity contribution is 5.98. The van der Waals surface area contributed by atoms with E-state index in [4.69, 9.17) is 4.74 Å². The number of para-hydroxylation sites is 2. The second-order valence-corrected chi connectivity index (χ2v) is 10.0. The number of hydrogen-bond donors (Lipinski definition) is 1. The Bertz CT molecular complexity index is 1550. The molecule has 0 saturated carbocycles. The summed E-state index contributed by atoms with van der Waals surface area (Å²) in [6.07, 6.45) is 0. The van der Waals surface area contributed by atoms with Crippen LogP contribution >= 0.6 is 0 Å². The molecule has 3 amide bonds. The number of anilines is 1. The number of amides is 3. The Morgan fingerprint density at radius 1 is 0.825 bits per heavy atom. The number of urea groups is 1. The van der Waals surface area contributed by atoms with Crippen molar-refractivity contribution in [2.75, 3.05) is 38.6 Å². The molecular formula is C32H33FN4O3. The van der Waals surface area contributed by atoms with Crippen molar-refractivity contribution in [2.24, 2.45) is 0 Å². The number of nitrogens with one attached hydrogen (secondary N) is 1. The number of methoxy groups -OCH3 is 1. The normalized spacial score (nSPS) is 13.3. The Morgan fingerprint density at radius 3 is 2.15 bits per heavy atom. The van der Waals surface area contributed by atoms with E-state index in [1.165, 1.54) is 6.07 Å². The lowest BCUT2D eigenvalue weighted by Crippen LogP contribution is -2.51. The third kappa shape index (κ3) is 5.17. The van der Waals surface area contributed by atoms with E-state index >= 15 is 4.39 Å². The average Bonchev–Trinajstić information content (AvgIpc) is 3.31. The van der Waals surface area contributed by atoms with Crippen molar-refractivity contribution in [2.45, 2.75) is 20.8 Å². The Labute approximate surface area is 233 Å². The predicted octanol–water partition coefficient (Wildman–Crippen LogP) is 6.21. The van der Waals surface area contributed by atoms with Gasteiger partial charge in [0.25, 0.3) is 5.91 Å². The van der Waals surface area contributed by atoms with Gasteiger partial charge in [-0.15, -0.1) is 0 Å². The van der Waals surface area contributed by atoms with Crippen LogP contribution in [0.3, 0.4) is 0 Å². The number of rotatable bonds is 5. The van der Waals surface area contributed by atoms with E-state index in [2.05, 4.69) is 5.32 Å². The lowest BCUT2D eigenvalue weighted by atomic mass is 10.1. The van der Waals surface area contributed by atoms with Crippen molar-refractivity contribution in [3.63, 3.8) is 0 Å². The lowest BCUT2D eigenvalue weighted by Gasteiger charge is -2.35. The minimum absolute atomic E-state index is 0.147. The summed E-state index contributed by atoms with van der Waals surface area (Å²) in [6, 6.07) is 21.6. The fourth-order valence-electron chi connectivity index (χ4n) is 5.24. The second-order valence-electron chi connectivity index (χ2n) is 10.0. The van der Waals surface area contributed by atoms with E-state index < -0.39 is 0 Å². The highest BCUT2D eigenvalue weighted by atomic mass is 19.1. The number of nitrogens with zero attached hydrogens (tertiary/aromatic N) is 3. The Kier molecular flexibility index (Phi) is 7.60. The molecule has 1 aliphatic rings. The summed E-state index contributed by atoms with van der Waals surface area (Å²) in [7, 11) is 1.59. The van der Waals surface area contributed by atoms with Gasteiger partial charge < -0.3 is 24.4 Å². The third-order valence-electron chi connectivity index (χ3n) is 7.50. The molecule has 0 spiro atoms. The molecule has 0 unspecified atom stereocenters. The molecular weight excluding hydrogens is 507 g/mol. The van der Waals surface area contributed by atoms with Crippen molar-refractivity contribution in [3.05, 3.63) is 101 Å². The van der Waals surface area contributed by atoms with E-state index in [0.717, 1.165) is 22.4 Å². The number of aryl methyl sites for hydroxylation is 2. The summed E-state index contributed by atoms with van der Waals surface area (Å²) >= 11 is 0. The number of benzene rings is 3. The summed E-state index contributed by atoms with van der Waals surface area (Å²) in [5.74, 6) is 0.138. The first-order valence-electron chi connectivity index (χ1n) is 13.3. The molecule has 4 aromatic rings.